The number of hydrogen-bond donors (Lipinski definition) is 2. The average molecular weight is 296 g/mol. The van der Waals surface area contributed by atoms with E-state index in [1.807, 2.05) is 0 Å². The first kappa shape index (κ1) is 14.7. The van der Waals surface area contributed by atoms with Gasteiger partial charge in [-0.1, -0.05) is 11.6 Å². The molecule has 1 atom stereocenters. The van der Waals surface area contributed by atoms with Gasteiger partial charge in [-0.25, -0.2) is 0 Å². The maximum atomic E-state index is 12.1. The van der Waals surface area contributed by atoms with Gasteiger partial charge in [0, 0.05) is 23.8 Å². The van der Waals surface area contributed by atoms with Crippen molar-refractivity contribution in [2.24, 2.45) is 0 Å². The van der Waals surface area contributed by atoms with Crippen LogP contribution in [0.25, 0.3) is 0 Å². The van der Waals surface area contributed by atoms with Crippen molar-refractivity contribution in [2.75, 3.05) is 18.8 Å². The van der Waals surface area contributed by atoms with Crippen molar-refractivity contribution in [1.82, 2.24) is 10.2 Å². The van der Waals surface area contributed by atoms with Gasteiger partial charge in [-0.3, -0.25) is 9.59 Å². The monoisotopic (exact) mass is 295 g/mol. The summed E-state index contributed by atoms with van der Waals surface area (Å²) in [5.74, 6) is -0.414. The second-order valence-electron chi connectivity index (χ2n) is 4.96. The highest BCUT2D eigenvalue weighted by atomic mass is 35.5. The van der Waals surface area contributed by atoms with Gasteiger partial charge in [0.2, 0.25) is 5.91 Å². The fraction of sp³-hybridized carbons (Fsp3) is 0.429. The number of halogens is 1. The molecular weight excluding hydrogens is 278 g/mol. The molecule has 1 aromatic rings. The summed E-state index contributed by atoms with van der Waals surface area (Å²) in [6, 6.07) is 4.11. The third-order valence-electron chi connectivity index (χ3n) is 3.39. The molecule has 0 aliphatic carbocycles. The van der Waals surface area contributed by atoms with Crippen LogP contribution in [0.5, 0.6) is 0 Å². The minimum atomic E-state index is -0.560. The number of nitrogen functional groups attached to an aromatic ring is 1. The molecule has 20 heavy (non-hydrogen) atoms. The molecule has 1 aliphatic rings. The molecule has 1 fully saturated rings. The zero-order valence-corrected chi connectivity index (χ0v) is 12.1. The Balaban J connectivity index is 2.01. The Labute approximate surface area is 123 Å². The largest absolute Gasteiger partial charge is 0.398 e. The van der Waals surface area contributed by atoms with Crippen molar-refractivity contribution in [3.63, 3.8) is 0 Å². The van der Waals surface area contributed by atoms with Crippen LogP contribution < -0.4 is 11.1 Å². The normalized spacial score (nSPS) is 16.0. The summed E-state index contributed by atoms with van der Waals surface area (Å²) < 4.78 is 0. The molecule has 0 saturated carbocycles. The van der Waals surface area contributed by atoms with Crippen LogP contribution in [0.4, 0.5) is 5.69 Å². The maximum Gasteiger partial charge on any atom is 0.254 e. The Bertz CT molecular complexity index is 527. The fourth-order valence-corrected chi connectivity index (χ4v) is 2.47. The highest BCUT2D eigenvalue weighted by Gasteiger charge is 2.25. The molecule has 1 unspecified atom stereocenters. The first-order valence-corrected chi connectivity index (χ1v) is 7.01. The van der Waals surface area contributed by atoms with Crippen molar-refractivity contribution >= 4 is 29.1 Å². The lowest BCUT2D eigenvalue weighted by molar-refractivity contribution is -0.131. The number of rotatable bonds is 3. The lowest BCUT2D eigenvalue weighted by Gasteiger charge is -2.21. The number of amides is 2. The van der Waals surface area contributed by atoms with Crippen molar-refractivity contribution in [2.45, 2.75) is 25.8 Å². The molecule has 3 N–H and O–H groups in total. The van der Waals surface area contributed by atoms with Gasteiger partial charge in [-0.15, -0.1) is 0 Å². The third kappa shape index (κ3) is 3.22. The standard InChI is InChI=1S/C14H18ClN3O2/c1-9(14(20)18-6-2-3-7-18)17-13(19)11-5-4-10(15)8-12(11)16/h4-5,8-9H,2-3,6-7,16H2,1H3,(H,17,19). The highest BCUT2D eigenvalue weighted by Crippen LogP contribution is 2.18. The number of carbonyl (C=O) groups is 2. The number of carbonyl (C=O) groups excluding carboxylic acids is 2. The predicted molar refractivity (Wildman–Crippen MR) is 78.6 cm³/mol. The first-order valence-electron chi connectivity index (χ1n) is 6.63. The summed E-state index contributed by atoms with van der Waals surface area (Å²) in [6.07, 6.45) is 2.05. The van der Waals surface area contributed by atoms with Crippen molar-refractivity contribution in [3.05, 3.63) is 28.8 Å². The van der Waals surface area contributed by atoms with Gasteiger partial charge in [0.1, 0.15) is 6.04 Å². The van der Waals surface area contributed by atoms with Crippen LogP contribution in [0, 0.1) is 0 Å². The average Bonchev–Trinajstić information content (AvgIpc) is 2.91. The van der Waals surface area contributed by atoms with E-state index in [0.717, 1.165) is 25.9 Å². The van der Waals surface area contributed by atoms with Crippen LogP contribution in [0.15, 0.2) is 18.2 Å². The molecule has 0 spiro atoms. The number of nitrogens with one attached hydrogen (secondary N) is 1. The van der Waals surface area contributed by atoms with Gasteiger partial charge < -0.3 is 16.0 Å². The van der Waals surface area contributed by atoms with E-state index < -0.39 is 6.04 Å². The quantitative estimate of drug-likeness (QED) is 0.833. The SMILES string of the molecule is CC(NC(=O)c1ccc(Cl)cc1N)C(=O)N1CCCC1. The smallest absolute Gasteiger partial charge is 0.254 e. The van der Waals surface area contributed by atoms with E-state index in [9.17, 15) is 9.59 Å². The lowest BCUT2D eigenvalue weighted by Crippen LogP contribution is -2.46. The van der Waals surface area contributed by atoms with E-state index in [0.29, 0.717) is 16.3 Å². The maximum absolute atomic E-state index is 12.1. The van der Waals surface area contributed by atoms with Gasteiger partial charge in [-0.05, 0) is 38.0 Å². The van der Waals surface area contributed by atoms with Crippen molar-refractivity contribution < 1.29 is 9.59 Å². The van der Waals surface area contributed by atoms with Crippen LogP contribution in [-0.4, -0.2) is 35.8 Å². The number of nitrogens with two attached hydrogens (primary N) is 1. The van der Waals surface area contributed by atoms with Crippen LogP contribution in [-0.2, 0) is 4.79 Å². The van der Waals surface area contributed by atoms with Crippen molar-refractivity contribution in [1.29, 1.82) is 0 Å². The molecule has 6 heteroatoms. The van der Waals surface area contributed by atoms with E-state index in [-0.39, 0.29) is 11.8 Å². The molecule has 108 valence electrons. The Hall–Kier alpha value is -1.75. The molecule has 1 heterocycles. The molecule has 0 aromatic heterocycles. The van der Waals surface area contributed by atoms with Crippen molar-refractivity contribution in [3.8, 4) is 0 Å². The molecule has 0 bridgehead atoms. The Morgan fingerprint density at radius 1 is 1.35 bits per heavy atom. The minimum absolute atomic E-state index is 0.0524. The van der Waals surface area contributed by atoms with Gasteiger partial charge in [0.05, 0.1) is 5.56 Å². The number of hydrogen-bond acceptors (Lipinski definition) is 3. The zero-order chi connectivity index (χ0) is 14.7. The molecule has 5 nitrogen and oxygen atoms in total. The van der Waals surface area contributed by atoms with Gasteiger partial charge >= 0.3 is 0 Å². The van der Waals surface area contributed by atoms with E-state index in [1.165, 1.54) is 6.07 Å². The van der Waals surface area contributed by atoms with E-state index >= 15 is 0 Å². The Morgan fingerprint density at radius 2 is 2.00 bits per heavy atom. The summed E-state index contributed by atoms with van der Waals surface area (Å²) >= 11 is 5.79. The molecule has 2 rings (SSSR count). The van der Waals surface area contributed by atoms with Crippen LogP contribution in [0.2, 0.25) is 5.02 Å². The van der Waals surface area contributed by atoms with Crippen LogP contribution in [0.1, 0.15) is 30.1 Å². The van der Waals surface area contributed by atoms with E-state index in [2.05, 4.69) is 5.32 Å². The molecular formula is C14H18ClN3O2. The van der Waals surface area contributed by atoms with Gasteiger partial charge in [0.15, 0.2) is 0 Å². The predicted octanol–water partition coefficient (Wildman–Crippen LogP) is 1.66. The second kappa shape index (κ2) is 6.13. The van der Waals surface area contributed by atoms with E-state index in [4.69, 9.17) is 17.3 Å². The minimum Gasteiger partial charge on any atom is -0.398 e. The Kier molecular flexibility index (Phi) is 4.49. The van der Waals surface area contributed by atoms with Crippen LogP contribution in [0.3, 0.4) is 0 Å². The summed E-state index contributed by atoms with van der Waals surface area (Å²) in [7, 11) is 0. The molecule has 0 radical (unpaired) electrons. The van der Waals surface area contributed by atoms with Gasteiger partial charge in [0.25, 0.3) is 5.91 Å². The van der Waals surface area contributed by atoms with Gasteiger partial charge in [-0.2, -0.15) is 0 Å². The fourth-order valence-electron chi connectivity index (χ4n) is 2.29. The summed E-state index contributed by atoms with van der Waals surface area (Å²) in [4.78, 5) is 26.0. The number of nitrogens with zero attached hydrogens (tertiary/aromatic N) is 1. The highest BCUT2D eigenvalue weighted by molar-refractivity contribution is 6.31. The molecule has 1 saturated heterocycles. The van der Waals surface area contributed by atoms with E-state index in [1.54, 1.807) is 24.0 Å². The molecule has 1 aromatic carbocycles. The number of likely N-dealkylation sites (tertiary alicyclic amines) is 1. The summed E-state index contributed by atoms with van der Waals surface area (Å²) in [6.45, 7) is 3.22. The first-order chi connectivity index (χ1) is 9.49. The lowest BCUT2D eigenvalue weighted by atomic mass is 10.1. The van der Waals surface area contributed by atoms with Crippen LogP contribution >= 0.6 is 11.6 Å². The Morgan fingerprint density at radius 3 is 2.60 bits per heavy atom. The zero-order valence-electron chi connectivity index (χ0n) is 11.4. The second-order valence-corrected chi connectivity index (χ2v) is 5.40. The summed E-state index contributed by atoms with van der Waals surface area (Å²) in [5.41, 5.74) is 6.39. The summed E-state index contributed by atoms with van der Waals surface area (Å²) in [5, 5.41) is 3.15. The number of anilines is 1. The topological polar surface area (TPSA) is 75.4 Å². The molecule has 2 amide bonds. The molecule has 1 aliphatic heterocycles. The third-order valence-corrected chi connectivity index (χ3v) is 3.63. The number of benzene rings is 1.